The SMILES string of the molecule is CCCNC(=O)N1CCN(C(=O)c2cc(Cl)c(C)cc2OC)CC1. The Labute approximate surface area is 147 Å². The molecule has 1 aromatic carbocycles. The summed E-state index contributed by atoms with van der Waals surface area (Å²) in [5.41, 5.74) is 1.32. The first-order chi connectivity index (χ1) is 11.5. The summed E-state index contributed by atoms with van der Waals surface area (Å²) in [5, 5.41) is 3.39. The number of rotatable bonds is 4. The fourth-order valence-corrected chi connectivity index (χ4v) is 2.78. The number of carbonyl (C=O) groups excluding carboxylic acids is 2. The van der Waals surface area contributed by atoms with Crippen LogP contribution < -0.4 is 10.1 Å². The molecule has 3 amide bonds. The molecular weight excluding hydrogens is 330 g/mol. The van der Waals surface area contributed by atoms with E-state index < -0.39 is 0 Å². The van der Waals surface area contributed by atoms with E-state index >= 15 is 0 Å². The summed E-state index contributed by atoms with van der Waals surface area (Å²) in [4.78, 5) is 28.2. The predicted octanol–water partition coefficient (Wildman–Crippen LogP) is 2.53. The van der Waals surface area contributed by atoms with Crippen molar-refractivity contribution in [3.05, 3.63) is 28.3 Å². The summed E-state index contributed by atoms with van der Waals surface area (Å²) < 4.78 is 5.32. The molecule has 24 heavy (non-hydrogen) atoms. The van der Waals surface area contributed by atoms with Crippen LogP contribution in [-0.4, -0.2) is 61.6 Å². The summed E-state index contributed by atoms with van der Waals surface area (Å²) >= 11 is 6.15. The highest BCUT2D eigenvalue weighted by Crippen LogP contribution is 2.28. The van der Waals surface area contributed by atoms with Gasteiger partial charge in [-0.3, -0.25) is 4.79 Å². The molecular formula is C17H24ClN3O3. The highest BCUT2D eigenvalue weighted by Gasteiger charge is 2.26. The third kappa shape index (κ3) is 4.12. The van der Waals surface area contributed by atoms with Crippen molar-refractivity contribution in [3.63, 3.8) is 0 Å². The highest BCUT2D eigenvalue weighted by atomic mass is 35.5. The number of nitrogens with one attached hydrogen (secondary N) is 1. The predicted molar refractivity (Wildman–Crippen MR) is 93.9 cm³/mol. The third-order valence-electron chi connectivity index (χ3n) is 4.09. The van der Waals surface area contributed by atoms with Gasteiger partial charge in [-0.2, -0.15) is 0 Å². The van der Waals surface area contributed by atoms with Gasteiger partial charge >= 0.3 is 6.03 Å². The maximum Gasteiger partial charge on any atom is 0.317 e. The normalized spacial score (nSPS) is 14.5. The van der Waals surface area contributed by atoms with E-state index in [4.69, 9.17) is 16.3 Å². The first-order valence-corrected chi connectivity index (χ1v) is 8.52. The van der Waals surface area contributed by atoms with Gasteiger partial charge in [0.05, 0.1) is 12.7 Å². The van der Waals surface area contributed by atoms with Gasteiger partial charge in [0.15, 0.2) is 0 Å². The number of benzene rings is 1. The molecule has 1 heterocycles. The summed E-state index contributed by atoms with van der Waals surface area (Å²) in [7, 11) is 1.54. The Kier molecular flexibility index (Phi) is 6.31. The number of hydrogen-bond donors (Lipinski definition) is 1. The lowest BCUT2D eigenvalue weighted by Crippen LogP contribution is -2.53. The van der Waals surface area contributed by atoms with Crippen LogP contribution in [0, 0.1) is 6.92 Å². The van der Waals surface area contributed by atoms with E-state index in [-0.39, 0.29) is 11.9 Å². The van der Waals surface area contributed by atoms with Crippen LogP contribution in [0.2, 0.25) is 5.02 Å². The van der Waals surface area contributed by atoms with Crippen molar-refractivity contribution >= 4 is 23.5 Å². The Morgan fingerprint density at radius 3 is 2.42 bits per heavy atom. The van der Waals surface area contributed by atoms with Crippen LogP contribution in [0.5, 0.6) is 5.75 Å². The second-order valence-corrected chi connectivity index (χ2v) is 6.22. The van der Waals surface area contributed by atoms with Gasteiger partial charge in [-0.15, -0.1) is 0 Å². The molecule has 132 valence electrons. The zero-order valence-corrected chi connectivity index (χ0v) is 15.2. The monoisotopic (exact) mass is 353 g/mol. The van der Waals surface area contributed by atoms with Gasteiger partial charge in [0.1, 0.15) is 5.75 Å². The van der Waals surface area contributed by atoms with Crippen molar-refractivity contribution in [2.45, 2.75) is 20.3 Å². The zero-order chi connectivity index (χ0) is 17.7. The topological polar surface area (TPSA) is 61.9 Å². The van der Waals surface area contributed by atoms with E-state index in [9.17, 15) is 9.59 Å². The average molecular weight is 354 g/mol. The second-order valence-electron chi connectivity index (χ2n) is 5.81. The first-order valence-electron chi connectivity index (χ1n) is 8.14. The first kappa shape index (κ1) is 18.4. The van der Waals surface area contributed by atoms with Crippen molar-refractivity contribution in [1.29, 1.82) is 0 Å². The highest BCUT2D eigenvalue weighted by molar-refractivity contribution is 6.31. The van der Waals surface area contributed by atoms with E-state index in [1.165, 1.54) is 7.11 Å². The van der Waals surface area contributed by atoms with Crippen LogP contribution in [0.4, 0.5) is 4.79 Å². The molecule has 0 spiro atoms. The summed E-state index contributed by atoms with van der Waals surface area (Å²) in [6, 6.07) is 3.35. The van der Waals surface area contributed by atoms with Crippen LogP contribution in [-0.2, 0) is 0 Å². The van der Waals surface area contributed by atoms with Crippen LogP contribution in [0.25, 0.3) is 0 Å². The van der Waals surface area contributed by atoms with Crippen LogP contribution in [0.1, 0.15) is 29.3 Å². The Hall–Kier alpha value is -1.95. The lowest BCUT2D eigenvalue weighted by molar-refractivity contribution is 0.0662. The number of aryl methyl sites for hydroxylation is 1. The summed E-state index contributed by atoms with van der Waals surface area (Å²) in [6.45, 7) is 6.56. The van der Waals surface area contributed by atoms with Crippen molar-refractivity contribution in [3.8, 4) is 5.75 Å². The number of piperazine rings is 1. The van der Waals surface area contributed by atoms with Crippen LogP contribution >= 0.6 is 11.6 Å². The third-order valence-corrected chi connectivity index (χ3v) is 4.50. The van der Waals surface area contributed by atoms with E-state index in [1.54, 1.807) is 21.9 Å². The minimum absolute atomic E-state index is 0.0695. The van der Waals surface area contributed by atoms with Gasteiger partial charge in [-0.25, -0.2) is 4.79 Å². The Balaban J connectivity index is 2.03. The minimum Gasteiger partial charge on any atom is -0.496 e. The number of carbonyl (C=O) groups is 2. The number of amides is 3. The molecule has 0 aliphatic carbocycles. The van der Waals surface area contributed by atoms with Gasteiger partial charge in [-0.1, -0.05) is 18.5 Å². The molecule has 0 unspecified atom stereocenters. The quantitative estimate of drug-likeness (QED) is 0.904. The molecule has 1 N–H and O–H groups in total. The molecule has 1 aliphatic heterocycles. The largest absolute Gasteiger partial charge is 0.496 e. The Bertz CT molecular complexity index is 613. The molecule has 2 rings (SSSR count). The van der Waals surface area contributed by atoms with Crippen molar-refractivity contribution < 1.29 is 14.3 Å². The molecule has 1 aromatic rings. The van der Waals surface area contributed by atoms with Crippen molar-refractivity contribution in [2.75, 3.05) is 39.8 Å². The Morgan fingerprint density at radius 2 is 1.83 bits per heavy atom. The smallest absolute Gasteiger partial charge is 0.317 e. The number of halogens is 1. The Morgan fingerprint density at radius 1 is 1.21 bits per heavy atom. The molecule has 0 bridgehead atoms. The van der Waals surface area contributed by atoms with E-state index in [0.29, 0.717) is 49.1 Å². The van der Waals surface area contributed by atoms with E-state index in [2.05, 4.69) is 5.32 Å². The van der Waals surface area contributed by atoms with Crippen molar-refractivity contribution in [1.82, 2.24) is 15.1 Å². The molecule has 7 heteroatoms. The standard InChI is InChI=1S/C17H24ClN3O3/c1-4-5-19-17(23)21-8-6-20(7-9-21)16(22)13-11-14(18)12(2)10-15(13)24-3/h10-11H,4-9H2,1-3H3,(H,19,23). The minimum atomic E-state index is -0.123. The summed E-state index contributed by atoms with van der Waals surface area (Å²) in [6.07, 6.45) is 0.901. The molecule has 0 radical (unpaired) electrons. The van der Waals surface area contributed by atoms with Crippen LogP contribution in [0.3, 0.4) is 0 Å². The maximum absolute atomic E-state index is 12.8. The number of nitrogens with zero attached hydrogens (tertiary/aromatic N) is 2. The van der Waals surface area contributed by atoms with Crippen LogP contribution in [0.15, 0.2) is 12.1 Å². The molecule has 1 aliphatic rings. The summed E-state index contributed by atoms with van der Waals surface area (Å²) in [5.74, 6) is 0.396. The van der Waals surface area contributed by atoms with Crippen molar-refractivity contribution in [2.24, 2.45) is 0 Å². The molecule has 6 nitrogen and oxygen atoms in total. The fourth-order valence-electron chi connectivity index (χ4n) is 2.62. The molecule has 0 aromatic heterocycles. The number of hydrogen-bond acceptors (Lipinski definition) is 3. The lowest BCUT2D eigenvalue weighted by atomic mass is 10.1. The fraction of sp³-hybridized carbons (Fsp3) is 0.529. The zero-order valence-electron chi connectivity index (χ0n) is 14.4. The number of methoxy groups -OCH3 is 1. The van der Waals surface area contributed by atoms with Gasteiger partial charge in [0.25, 0.3) is 5.91 Å². The van der Waals surface area contributed by atoms with Gasteiger partial charge in [0, 0.05) is 37.7 Å². The molecule has 0 atom stereocenters. The van der Waals surface area contributed by atoms with Gasteiger partial charge < -0.3 is 19.9 Å². The van der Waals surface area contributed by atoms with E-state index in [1.807, 2.05) is 13.8 Å². The molecule has 0 saturated carbocycles. The van der Waals surface area contributed by atoms with Gasteiger partial charge in [0.2, 0.25) is 0 Å². The average Bonchev–Trinajstić information content (AvgIpc) is 2.61. The van der Waals surface area contributed by atoms with E-state index in [0.717, 1.165) is 12.0 Å². The number of urea groups is 1. The number of ether oxygens (including phenoxy) is 1. The second kappa shape index (κ2) is 8.24. The lowest BCUT2D eigenvalue weighted by Gasteiger charge is -2.35. The molecule has 1 fully saturated rings. The maximum atomic E-state index is 12.8. The molecule has 1 saturated heterocycles. The van der Waals surface area contributed by atoms with Gasteiger partial charge in [-0.05, 0) is 31.0 Å².